The van der Waals surface area contributed by atoms with Crippen molar-refractivity contribution in [3.8, 4) is 0 Å². The zero-order valence-corrected chi connectivity index (χ0v) is 10.9. The predicted octanol–water partition coefficient (Wildman–Crippen LogP) is 2.59. The van der Waals surface area contributed by atoms with Crippen molar-refractivity contribution in [2.75, 3.05) is 23.7 Å². The quantitative estimate of drug-likeness (QED) is 0.789. The summed E-state index contributed by atoms with van der Waals surface area (Å²) in [6.45, 7) is 6.31. The van der Waals surface area contributed by atoms with Crippen LogP contribution in [0.3, 0.4) is 0 Å². The average molecular weight is 248 g/mol. The highest BCUT2D eigenvalue weighted by atomic mass is 16.4. The molecule has 1 fully saturated rings. The molecule has 0 saturated carbocycles. The molecule has 1 aromatic rings. The van der Waals surface area contributed by atoms with E-state index >= 15 is 0 Å². The maximum atomic E-state index is 11.3. The summed E-state index contributed by atoms with van der Waals surface area (Å²) in [5.74, 6) is -0.915. The van der Waals surface area contributed by atoms with E-state index in [0.717, 1.165) is 31.6 Å². The fourth-order valence-corrected chi connectivity index (χ4v) is 2.35. The van der Waals surface area contributed by atoms with Crippen molar-refractivity contribution >= 4 is 17.3 Å². The Labute approximate surface area is 107 Å². The minimum absolute atomic E-state index is 0.301. The number of anilines is 2. The summed E-state index contributed by atoms with van der Waals surface area (Å²) in [7, 11) is 0. The summed E-state index contributed by atoms with van der Waals surface area (Å²) in [4.78, 5) is 13.4. The number of carbonyl (C=O) groups is 1. The first-order valence-corrected chi connectivity index (χ1v) is 6.27. The summed E-state index contributed by atoms with van der Waals surface area (Å²) in [6, 6.07) is 5.12. The molecule has 0 radical (unpaired) electrons. The number of carboxylic acids is 1. The summed E-state index contributed by atoms with van der Waals surface area (Å²) < 4.78 is 0. The standard InChI is InChI=1S/C14H20N2O2/c1-14(2)5-7-16(8-6-14)12-4-3-10(15)9-11(12)13(17)18/h3-4,9H,5-8,15H2,1-2H3,(H,17,18). The SMILES string of the molecule is CC1(C)CCN(c2ccc(N)cc2C(=O)O)CC1. The van der Waals surface area contributed by atoms with E-state index in [1.165, 1.54) is 6.07 Å². The number of hydrogen-bond acceptors (Lipinski definition) is 3. The van der Waals surface area contributed by atoms with E-state index in [1.54, 1.807) is 6.07 Å². The van der Waals surface area contributed by atoms with Gasteiger partial charge >= 0.3 is 5.97 Å². The van der Waals surface area contributed by atoms with Crippen LogP contribution in [0, 0.1) is 5.41 Å². The fraction of sp³-hybridized carbons (Fsp3) is 0.500. The van der Waals surface area contributed by atoms with Crippen LogP contribution in [-0.2, 0) is 0 Å². The van der Waals surface area contributed by atoms with Crippen molar-refractivity contribution < 1.29 is 9.90 Å². The topological polar surface area (TPSA) is 66.6 Å². The molecule has 1 aliphatic rings. The molecular formula is C14H20N2O2. The molecule has 4 nitrogen and oxygen atoms in total. The smallest absolute Gasteiger partial charge is 0.337 e. The average Bonchev–Trinajstić information content (AvgIpc) is 2.29. The number of nitrogens with two attached hydrogens (primary N) is 1. The van der Waals surface area contributed by atoms with Crippen LogP contribution in [0.1, 0.15) is 37.0 Å². The normalized spacial score (nSPS) is 18.7. The maximum Gasteiger partial charge on any atom is 0.337 e. The van der Waals surface area contributed by atoms with Crippen LogP contribution >= 0.6 is 0 Å². The Hall–Kier alpha value is -1.71. The lowest BCUT2D eigenvalue weighted by atomic mass is 9.82. The van der Waals surface area contributed by atoms with Crippen molar-refractivity contribution in [3.05, 3.63) is 23.8 Å². The van der Waals surface area contributed by atoms with Crippen molar-refractivity contribution in [1.29, 1.82) is 0 Å². The lowest BCUT2D eigenvalue weighted by Gasteiger charge is -2.38. The number of rotatable bonds is 2. The van der Waals surface area contributed by atoms with Gasteiger partial charge in [-0.1, -0.05) is 13.8 Å². The van der Waals surface area contributed by atoms with Crippen LogP contribution in [0.15, 0.2) is 18.2 Å². The fourth-order valence-electron chi connectivity index (χ4n) is 2.35. The first-order chi connectivity index (χ1) is 8.39. The second-order valence-electron chi connectivity index (χ2n) is 5.73. The number of nitrogen functional groups attached to an aromatic ring is 1. The number of nitrogens with zero attached hydrogens (tertiary/aromatic N) is 1. The van der Waals surface area contributed by atoms with Gasteiger partial charge in [-0.3, -0.25) is 0 Å². The Balaban J connectivity index is 2.26. The minimum atomic E-state index is -0.915. The van der Waals surface area contributed by atoms with Gasteiger partial charge in [0.05, 0.1) is 11.3 Å². The molecule has 0 bridgehead atoms. The summed E-state index contributed by atoms with van der Waals surface area (Å²) >= 11 is 0. The van der Waals surface area contributed by atoms with Crippen molar-refractivity contribution in [2.45, 2.75) is 26.7 Å². The molecule has 18 heavy (non-hydrogen) atoms. The molecule has 4 heteroatoms. The van der Waals surface area contributed by atoms with Crippen LogP contribution in [0.5, 0.6) is 0 Å². The lowest BCUT2D eigenvalue weighted by molar-refractivity contribution is 0.0697. The van der Waals surface area contributed by atoms with Gasteiger partial charge in [0, 0.05) is 18.8 Å². The monoisotopic (exact) mass is 248 g/mol. The Kier molecular flexibility index (Phi) is 3.20. The van der Waals surface area contributed by atoms with Crippen molar-refractivity contribution in [3.63, 3.8) is 0 Å². The Morgan fingerprint density at radius 1 is 1.33 bits per heavy atom. The largest absolute Gasteiger partial charge is 0.478 e. The molecule has 0 aromatic heterocycles. The maximum absolute atomic E-state index is 11.3. The third-order valence-electron chi connectivity index (χ3n) is 3.71. The van der Waals surface area contributed by atoms with E-state index in [0.29, 0.717) is 16.7 Å². The first kappa shape index (κ1) is 12.7. The van der Waals surface area contributed by atoms with Crippen LogP contribution in [0.4, 0.5) is 11.4 Å². The Morgan fingerprint density at radius 2 is 1.94 bits per heavy atom. The molecule has 1 heterocycles. The van der Waals surface area contributed by atoms with Crippen LogP contribution in [-0.4, -0.2) is 24.2 Å². The molecule has 0 unspecified atom stereocenters. The molecule has 0 aliphatic carbocycles. The molecule has 1 aromatic carbocycles. The highest BCUT2D eigenvalue weighted by Gasteiger charge is 2.27. The number of carboxylic acid groups (broad SMARTS) is 1. The van der Waals surface area contributed by atoms with E-state index in [2.05, 4.69) is 18.7 Å². The first-order valence-electron chi connectivity index (χ1n) is 6.27. The summed E-state index contributed by atoms with van der Waals surface area (Å²) in [5, 5.41) is 9.24. The molecule has 1 aliphatic heterocycles. The van der Waals surface area contributed by atoms with Gasteiger partial charge in [0.25, 0.3) is 0 Å². The number of piperidine rings is 1. The summed E-state index contributed by atoms with van der Waals surface area (Å²) in [5.41, 5.74) is 7.59. The Bertz CT molecular complexity index is 459. The van der Waals surface area contributed by atoms with E-state index in [-0.39, 0.29) is 0 Å². The molecule has 98 valence electrons. The van der Waals surface area contributed by atoms with Gasteiger partial charge < -0.3 is 15.7 Å². The molecule has 0 spiro atoms. The van der Waals surface area contributed by atoms with Crippen molar-refractivity contribution in [1.82, 2.24) is 0 Å². The third-order valence-corrected chi connectivity index (χ3v) is 3.71. The van der Waals surface area contributed by atoms with E-state index in [4.69, 9.17) is 5.73 Å². The van der Waals surface area contributed by atoms with Crippen LogP contribution < -0.4 is 10.6 Å². The molecule has 0 amide bonds. The second-order valence-corrected chi connectivity index (χ2v) is 5.73. The zero-order chi connectivity index (χ0) is 13.3. The van der Waals surface area contributed by atoms with Gasteiger partial charge in [-0.15, -0.1) is 0 Å². The number of hydrogen-bond donors (Lipinski definition) is 2. The second kappa shape index (κ2) is 4.52. The van der Waals surface area contributed by atoms with Gasteiger partial charge in [-0.2, -0.15) is 0 Å². The van der Waals surface area contributed by atoms with Gasteiger partial charge in [-0.05, 0) is 36.5 Å². The van der Waals surface area contributed by atoms with E-state index in [1.807, 2.05) is 6.07 Å². The molecule has 3 N–H and O–H groups in total. The van der Waals surface area contributed by atoms with Gasteiger partial charge in [0.1, 0.15) is 0 Å². The van der Waals surface area contributed by atoms with Gasteiger partial charge in [0.15, 0.2) is 0 Å². The highest BCUT2D eigenvalue weighted by molar-refractivity contribution is 5.95. The highest BCUT2D eigenvalue weighted by Crippen LogP contribution is 2.33. The predicted molar refractivity (Wildman–Crippen MR) is 73.0 cm³/mol. The minimum Gasteiger partial charge on any atom is -0.478 e. The van der Waals surface area contributed by atoms with Crippen molar-refractivity contribution in [2.24, 2.45) is 5.41 Å². The van der Waals surface area contributed by atoms with Crippen LogP contribution in [0.2, 0.25) is 0 Å². The molecule has 2 rings (SSSR count). The lowest BCUT2D eigenvalue weighted by Crippen LogP contribution is -2.38. The van der Waals surface area contributed by atoms with E-state index in [9.17, 15) is 9.90 Å². The molecule has 0 atom stereocenters. The third kappa shape index (κ3) is 2.58. The van der Waals surface area contributed by atoms with Gasteiger partial charge in [-0.25, -0.2) is 4.79 Å². The zero-order valence-electron chi connectivity index (χ0n) is 10.9. The van der Waals surface area contributed by atoms with E-state index < -0.39 is 5.97 Å². The molecular weight excluding hydrogens is 228 g/mol. The Morgan fingerprint density at radius 3 is 2.50 bits per heavy atom. The van der Waals surface area contributed by atoms with Crippen LogP contribution in [0.25, 0.3) is 0 Å². The summed E-state index contributed by atoms with van der Waals surface area (Å²) in [6.07, 6.45) is 2.16. The number of benzene rings is 1. The van der Waals surface area contributed by atoms with Gasteiger partial charge in [0.2, 0.25) is 0 Å². The molecule has 1 saturated heterocycles. The number of aromatic carboxylic acids is 1.